The summed E-state index contributed by atoms with van der Waals surface area (Å²) in [6, 6.07) is 1.61. The lowest BCUT2D eigenvalue weighted by Gasteiger charge is -2.09. The maximum atomic E-state index is 12.7. The molecule has 0 unspecified atom stereocenters. The Hall–Kier alpha value is -2.03. The number of aromatic nitrogens is 1. The molecule has 0 radical (unpaired) electrons. The summed E-state index contributed by atoms with van der Waals surface area (Å²) >= 11 is 0. The van der Waals surface area contributed by atoms with Crippen LogP contribution in [0.15, 0.2) is 6.20 Å². The van der Waals surface area contributed by atoms with Gasteiger partial charge < -0.3 is 5.11 Å². The third-order valence-corrected chi connectivity index (χ3v) is 2.07. The van der Waals surface area contributed by atoms with E-state index >= 15 is 0 Å². The fraction of sp³-hybridized carbons (Fsp3) is 0.300. The first-order chi connectivity index (χ1) is 7.47. The maximum Gasteiger partial charge on any atom is 0.307 e. The van der Waals surface area contributed by atoms with Crippen LogP contribution in [0.5, 0.6) is 0 Å². The third kappa shape index (κ3) is 2.31. The molecule has 0 saturated carbocycles. The van der Waals surface area contributed by atoms with Crippen LogP contribution in [0, 0.1) is 18.3 Å². The van der Waals surface area contributed by atoms with Gasteiger partial charge in [0.2, 0.25) is 0 Å². The van der Waals surface area contributed by atoms with E-state index in [2.05, 4.69) is 4.98 Å². The van der Waals surface area contributed by atoms with Crippen molar-refractivity contribution in [1.29, 1.82) is 5.26 Å². The smallest absolute Gasteiger partial charge is 0.307 e. The Labute approximate surface area is 90.2 Å². The predicted octanol–water partition coefficient (Wildman–Crippen LogP) is 1.83. The van der Waals surface area contributed by atoms with Gasteiger partial charge in [0.25, 0.3) is 6.43 Å². The molecule has 0 spiro atoms. The lowest BCUT2D eigenvalue weighted by molar-refractivity contribution is -0.136. The van der Waals surface area contributed by atoms with Crippen molar-refractivity contribution in [3.63, 3.8) is 0 Å². The molecule has 0 amide bonds. The summed E-state index contributed by atoms with van der Waals surface area (Å²) in [7, 11) is 0. The van der Waals surface area contributed by atoms with Gasteiger partial charge in [0, 0.05) is 11.9 Å². The average molecular weight is 226 g/mol. The molecule has 1 rings (SSSR count). The molecule has 0 fully saturated rings. The molecular formula is C10H8F2N2O2. The number of nitrogens with zero attached hydrogens (tertiary/aromatic N) is 2. The van der Waals surface area contributed by atoms with Gasteiger partial charge in [0.05, 0.1) is 17.5 Å². The number of aliphatic carboxylic acids is 1. The SMILES string of the molecule is Cc1ncc(CC(=O)O)c(C#N)c1C(F)F. The molecule has 6 heteroatoms. The molecule has 4 nitrogen and oxygen atoms in total. The van der Waals surface area contributed by atoms with Gasteiger partial charge >= 0.3 is 5.97 Å². The van der Waals surface area contributed by atoms with Crippen LogP contribution in [0.1, 0.15) is 28.8 Å². The average Bonchev–Trinajstić information content (AvgIpc) is 2.18. The Morgan fingerprint density at radius 2 is 2.31 bits per heavy atom. The van der Waals surface area contributed by atoms with Gasteiger partial charge in [-0.1, -0.05) is 0 Å². The molecule has 0 aromatic carbocycles. The van der Waals surface area contributed by atoms with Crippen LogP contribution in [-0.4, -0.2) is 16.1 Å². The monoisotopic (exact) mass is 226 g/mol. The van der Waals surface area contributed by atoms with Crippen molar-refractivity contribution in [2.45, 2.75) is 19.8 Å². The van der Waals surface area contributed by atoms with Crippen molar-refractivity contribution < 1.29 is 18.7 Å². The maximum absolute atomic E-state index is 12.7. The standard InChI is InChI=1S/C10H8F2N2O2/c1-5-9(10(11)12)7(3-13)6(4-14-5)2-8(15)16/h4,10H,2H2,1H3,(H,15,16). The van der Waals surface area contributed by atoms with Crippen molar-refractivity contribution in [2.75, 3.05) is 0 Å². The summed E-state index contributed by atoms with van der Waals surface area (Å²) < 4.78 is 25.3. The lowest BCUT2D eigenvalue weighted by Crippen LogP contribution is -2.07. The fourth-order valence-electron chi connectivity index (χ4n) is 1.36. The number of aryl methyl sites for hydroxylation is 1. The summed E-state index contributed by atoms with van der Waals surface area (Å²) in [5, 5.41) is 17.3. The van der Waals surface area contributed by atoms with E-state index in [0.29, 0.717) is 0 Å². The molecule has 1 aromatic rings. The second kappa shape index (κ2) is 4.66. The van der Waals surface area contributed by atoms with Gasteiger partial charge in [-0.15, -0.1) is 0 Å². The molecule has 84 valence electrons. The molecule has 1 aromatic heterocycles. The first kappa shape index (κ1) is 12.0. The Bertz CT molecular complexity index is 467. The normalized spacial score (nSPS) is 10.2. The van der Waals surface area contributed by atoms with E-state index in [4.69, 9.17) is 10.4 Å². The highest BCUT2D eigenvalue weighted by Crippen LogP contribution is 2.27. The highest BCUT2D eigenvalue weighted by atomic mass is 19.3. The number of carboxylic acid groups (broad SMARTS) is 1. The number of alkyl halides is 2. The zero-order valence-corrected chi connectivity index (χ0v) is 8.37. The molecular weight excluding hydrogens is 218 g/mol. The van der Waals surface area contributed by atoms with Crippen molar-refractivity contribution in [1.82, 2.24) is 4.98 Å². The highest BCUT2D eigenvalue weighted by Gasteiger charge is 2.21. The largest absolute Gasteiger partial charge is 0.481 e. The van der Waals surface area contributed by atoms with Gasteiger partial charge in [-0.05, 0) is 12.5 Å². The molecule has 0 bridgehead atoms. The number of carbonyl (C=O) groups is 1. The van der Waals surface area contributed by atoms with Gasteiger partial charge in [-0.3, -0.25) is 9.78 Å². The molecule has 1 heterocycles. The number of nitriles is 1. The van der Waals surface area contributed by atoms with Crippen LogP contribution >= 0.6 is 0 Å². The van der Waals surface area contributed by atoms with Crippen LogP contribution in [0.3, 0.4) is 0 Å². The molecule has 0 saturated heterocycles. The van der Waals surface area contributed by atoms with E-state index < -0.39 is 24.4 Å². The second-order valence-corrected chi connectivity index (χ2v) is 3.14. The van der Waals surface area contributed by atoms with Gasteiger partial charge in [0.15, 0.2) is 0 Å². The molecule has 0 aliphatic carbocycles. The Balaban J connectivity index is 3.38. The van der Waals surface area contributed by atoms with Gasteiger partial charge in [0.1, 0.15) is 6.07 Å². The molecule has 0 aliphatic rings. The molecule has 16 heavy (non-hydrogen) atoms. The summed E-state index contributed by atoms with van der Waals surface area (Å²) in [5.41, 5.74) is -0.720. The number of hydrogen-bond acceptors (Lipinski definition) is 3. The lowest BCUT2D eigenvalue weighted by atomic mass is 10.0. The van der Waals surface area contributed by atoms with E-state index in [1.54, 1.807) is 6.07 Å². The first-order valence-electron chi connectivity index (χ1n) is 4.35. The van der Waals surface area contributed by atoms with Crippen molar-refractivity contribution >= 4 is 5.97 Å². The number of pyridine rings is 1. The van der Waals surface area contributed by atoms with Gasteiger partial charge in [-0.25, -0.2) is 8.78 Å². The topological polar surface area (TPSA) is 74.0 Å². The number of carboxylic acids is 1. The van der Waals surface area contributed by atoms with Crippen molar-refractivity contribution in [3.05, 3.63) is 28.6 Å². The Morgan fingerprint density at radius 1 is 1.69 bits per heavy atom. The summed E-state index contributed by atoms with van der Waals surface area (Å²) in [4.78, 5) is 14.1. The van der Waals surface area contributed by atoms with E-state index in [1.165, 1.54) is 6.92 Å². The van der Waals surface area contributed by atoms with E-state index in [0.717, 1.165) is 6.20 Å². The van der Waals surface area contributed by atoms with Crippen LogP contribution in [-0.2, 0) is 11.2 Å². The Morgan fingerprint density at radius 3 is 2.75 bits per heavy atom. The zero-order chi connectivity index (χ0) is 12.3. The van der Waals surface area contributed by atoms with Crippen LogP contribution < -0.4 is 0 Å². The fourth-order valence-corrected chi connectivity index (χ4v) is 1.36. The van der Waals surface area contributed by atoms with Crippen LogP contribution in [0.25, 0.3) is 0 Å². The van der Waals surface area contributed by atoms with Gasteiger partial charge in [-0.2, -0.15) is 5.26 Å². The minimum absolute atomic E-state index is 0.0101. The summed E-state index contributed by atoms with van der Waals surface area (Å²) in [5.74, 6) is -1.19. The molecule has 0 atom stereocenters. The number of halogens is 2. The number of rotatable bonds is 3. The van der Waals surface area contributed by atoms with E-state index in [-0.39, 0.29) is 16.8 Å². The summed E-state index contributed by atoms with van der Waals surface area (Å²) in [6.45, 7) is 1.35. The number of hydrogen-bond donors (Lipinski definition) is 1. The third-order valence-electron chi connectivity index (χ3n) is 2.07. The van der Waals surface area contributed by atoms with E-state index in [9.17, 15) is 13.6 Å². The van der Waals surface area contributed by atoms with Crippen LogP contribution in [0.2, 0.25) is 0 Å². The Kier molecular flexibility index (Phi) is 3.51. The van der Waals surface area contributed by atoms with Crippen molar-refractivity contribution in [3.8, 4) is 6.07 Å². The highest BCUT2D eigenvalue weighted by molar-refractivity contribution is 5.71. The minimum Gasteiger partial charge on any atom is -0.481 e. The first-order valence-corrected chi connectivity index (χ1v) is 4.35. The van der Waals surface area contributed by atoms with Crippen LogP contribution in [0.4, 0.5) is 8.78 Å². The quantitative estimate of drug-likeness (QED) is 0.853. The minimum atomic E-state index is -2.84. The molecule has 1 N–H and O–H groups in total. The summed E-state index contributed by atoms with van der Waals surface area (Å²) in [6.07, 6.45) is -2.18. The molecule has 0 aliphatic heterocycles. The predicted molar refractivity (Wildman–Crippen MR) is 50.0 cm³/mol. The second-order valence-electron chi connectivity index (χ2n) is 3.14. The zero-order valence-electron chi connectivity index (χ0n) is 8.37. The van der Waals surface area contributed by atoms with Crippen molar-refractivity contribution in [2.24, 2.45) is 0 Å². The van der Waals surface area contributed by atoms with E-state index in [1.807, 2.05) is 0 Å².